The van der Waals surface area contributed by atoms with Crippen LogP contribution in [0.3, 0.4) is 0 Å². The fraction of sp³-hybridized carbons (Fsp3) is 0.417. The van der Waals surface area contributed by atoms with E-state index < -0.39 is 0 Å². The lowest BCUT2D eigenvalue weighted by Gasteiger charge is -2.10. The van der Waals surface area contributed by atoms with Gasteiger partial charge >= 0.3 is 0 Å². The van der Waals surface area contributed by atoms with Gasteiger partial charge in [0.1, 0.15) is 0 Å². The van der Waals surface area contributed by atoms with Crippen molar-refractivity contribution in [1.82, 2.24) is 5.32 Å². The summed E-state index contributed by atoms with van der Waals surface area (Å²) >= 11 is 1.53. The van der Waals surface area contributed by atoms with Crippen LogP contribution in [0.15, 0.2) is 24.3 Å². The molecule has 0 aliphatic rings. The molecule has 2 N–H and O–H groups in total. The molecule has 0 fully saturated rings. The van der Waals surface area contributed by atoms with Crippen LogP contribution in [0.25, 0.3) is 0 Å². The van der Waals surface area contributed by atoms with E-state index in [2.05, 4.69) is 17.6 Å². The second-order valence-electron chi connectivity index (χ2n) is 3.42. The summed E-state index contributed by atoms with van der Waals surface area (Å²) in [6, 6.07) is 7.88. The van der Waals surface area contributed by atoms with E-state index >= 15 is 0 Å². The van der Waals surface area contributed by atoms with Crippen LogP contribution in [0.4, 0.5) is 5.69 Å². The highest BCUT2D eigenvalue weighted by molar-refractivity contribution is 7.99. The summed E-state index contributed by atoms with van der Waals surface area (Å²) in [5, 5.41) is 6.17. The summed E-state index contributed by atoms with van der Waals surface area (Å²) in [7, 11) is 0. The van der Waals surface area contributed by atoms with E-state index in [1.165, 1.54) is 11.8 Å². The van der Waals surface area contributed by atoms with E-state index in [1.54, 1.807) is 0 Å². The Morgan fingerprint density at radius 3 is 2.71 bits per heavy atom. The second kappa shape index (κ2) is 9.33. The highest BCUT2D eigenvalue weighted by Crippen LogP contribution is 2.14. The number of amides is 1. The summed E-state index contributed by atoms with van der Waals surface area (Å²) in [5.41, 5.74) is 2.03. The summed E-state index contributed by atoms with van der Waals surface area (Å²) < 4.78 is 0. The molecule has 0 spiro atoms. The van der Waals surface area contributed by atoms with Gasteiger partial charge in [0.05, 0.1) is 5.75 Å². The van der Waals surface area contributed by atoms with Crippen LogP contribution in [0.1, 0.15) is 12.5 Å². The number of anilines is 1. The van der Waals surface area contributed by atoms with Crippen LogP contribution in [0.2, 0.25) is 0 Å². The zero-order valence-corrected chi connectivity index (χ0v) is 11.8. The van der Waals surface area contributed by atoms with E-state index in [4.69, 9.17) is 0 Å². The van der Waals surface area contributed by atoms with Crippen molar-refractivity contribution in [3.63, 3.8) is 0 Å². The third kappa shape index (κ3) is 5.96. The van der Waals surface area contributed by atoms with Crippen molar-refractivity contribution in [2.45, 2.75) is 13.5 Å². The highest BCUT2D eigenvalue weighted by Gasteiger charge is 2.04. The molecule has 0 saturated carbocycles. The third-order valence-corrected chi connectivity index (χ3v) is 2.68. The van der Waals surface area contributed by atoms with Crippen LogP contribution >= 0.6 is 24.2 Å². The number of benzene rings is 1. The molecular weight excluding hydrogens is 256 g/mol. The fourth-order valence-corrected chi connectivity index (χ4v) is 1.71. The van der Waals surface area contributed by atoms with Crippen molar-refractivity contribution in [3.05, 3.63) is 29.8 Å². The van der Waals surface area contributed by atoms with Crippen molar-refractivity contribution >= 4 is 35.8 Å². The molecule has 1 amide bonds. The lowest BCUT2D eigenvalue weighted by Crippen LogP contribution is -2.18. The normalized spacial score (nSPS) is 9.53. The Morgan fingerprint density at radius 1 is 1.35 bits per heavy atom. The van der Waals surface area contributed by atoms with Gasteiger partial charge in [-0.15, -0.1) is 12.4 Å². The van der Waals surface area contributed by atoms with Gasteiger partial charge in [-0.3, -0.25) is 4.79 Å². The van der Waals surface area contributed by atoms with Crippen LogP contribution < -0.4 is 10.6 Å². The van der Waals surface area contributed by atoms with Gasteiger partial charge in [0.25, 0.3) is 0 Å². The summed E-state index contributed by atoms with van der Waals surface area (Å²) in [5.74, 6) is 0.548. The van der Waals surface area contributed by atoms with Gasteiger partial charge in [0, 0.05) is 12.2 Å². The molecule has 0 heterocycles. The number of thioether (sulfide) groups is 1. The molecule has 0 bridgehead atoms. The first-order valence-electron chi connectivity index (χ1n) is 5.35. The third-order valence-electron chi connectivity index (χ3n) is 2.13. The van der Waals surface area contributed by atoms with E-state index in [1.807, 2.05) is 30.5 Å². The maximum Gasteiger partial charge on any atom is 0.234 e. The van der Waals surface area contributed by atoms with Crippen LogP contribution in [0, 0.1) is 0 Å². The zero-order chi connectivity index (χ0) is 11.8. The van der Waals surface area contributed by atoms with Crippen molar-refractivity contribution < 1.29 is 4.79 Å². The lowest BCUT2D eigenvalue weighted by molar-refractivity contribution is -0.113. The lowest BCUT2D eigenvalue weighted by atomic mass is 10.1. The maximum atomic E-state index is 11.5. The number of para-hydroxylation sites is 1. The smallest absolute Gasteiger partial charge is 0.234 e. The first-order chi connectivity index (χ1) is 7.77. The van der Waals surface area contributed by atoms with E-state index in [0.717, 1.165) is 24.3 Å². The monoisotopic (exact) mass is 274 g/mol. The average Bonchev–Trinajstić information content (AvgIpc) is 2.28. The maximum absolute atomic E-state index is 11.5. The predicted molar refractivity (Wildman–Crippen MR) is 78.1 cm³/mol. The Balaban J connectivity index is 0.00000256. The summed E-state index contributed by atoms with van der Waals surface area (Å²) in [4.78, 5) is 11.5. The van der Waals surface area contributed by atoms with E-state index in [-0.39, 0.29) is 18.3 Å². The van der Waals surface area contributed by atoms with Crippen molar-refractivity contribution in [3.8, 4) is 0 Å². The Bertz CT molecular complexity index is 347. The van der Waals surface area contributed by atoms with E-state index in [9.17, 15) is 4.79 Å². The quantitative estimate of drug-likeness (QED) is 0.838. The molecule has 1 aromatic rings. The largest absolute Gasteiger partial charge is 0.325 e. The number of halogens is 1. The van der Waals surface area contributed by atoms with Crippen LogP contribution in [0.5, 0.6) is 0 Å². The number of carbonyl (C=O) groups excluding carboxylic acids is 1. The van der Waals surface area contributed by atoms with Gasteiger partial charge in [-0.1, -0.05) is 25.1 Å². The molecule has 0 aliphatic carbocycles. The minimum Gasteiger partial charge on any atom is -0.325 e. The van der Waals surface area contributed by atoms with Crippen molar-refractivity contribution in [2.24, 2.45) is 0 Å². The molecule has 1 aromatic carbocycles. The van der Waals surface area contributed by atoms with Gasteiger partial charge in [-0.05, 0) is 24.4 Å². The molecule has 0 unspecified atom stereocenters. The second-order valence-corrected chi connectivity index (χ2v) is 4.28. The molecule has 17 heavy (non-hydrogen) atoms. The Morgan fingerprint density at radius 2 is 2.06 bits per heavy atom. The van der Waals surface area contributed by atoms with Crippen LogP contribution in [-0.2, 0) is 11.3 Å². The minimum absolute atomic E-state index is 0. The van der Waals surface area contributed by atoms with E-state index in [0.29, 0.717) is 5.75 Å². The average molecular weight is 275 g/mol. The molecule has 0 saturated heterocycles. The first-order valence-corrected chi connectivity index (χ1v) is 6.74. The highest BCUT2D eigenvalue weighted by atomic mass is 35.5. The molecule has 96 valence electrons. The molecule has 0 aliphatic heterocycles. The number of nitrogens with one attached hydrogen (secondary N) is 2. The number of hydrogen-bond donors (Lipinski definition) is 2. The number of hydrogen-bond acceptors (Lipinski definition) is 3. The molecule has 5 heteroatoms. The van der Waals surface area contributed by atoms with Gasteiger partial charge in [0.2, 0.25) is 5.91 Å². The van der Waals surface area contributed by atoms with Gasteiger partial charge in [0.15, 0.2) is 0 Å². The predicted octanol–water partition coefficient (Wildman–Crippen LogP) is 2.52. The fourth-order valence-electron chi connectivity index (χ4n) is 1.37. The summed E-state index contributed by atoms with van der Waals surface area (Å²) in [6.07, 6.45) is 1.92. The zero-order valence-electron chi connectivity index (χ0n) is 10.2. The summed E-state index contributed by atoms with van der Waals surface area (Å²) in [6.45, 7) is 3.77. The minimum atomic E-state index is 0. The van der Waals surface area contributed by atoms with Gasteiger partial charge in [-0.25, -0.2) is 0 Å². The van der Waals surface area contributed by atoms with Gasteiger partial charge < -0.3 is 10.6 Å². The molecular formula is C12H19ClN2OS. The first kappa shape index (κ1) is 16.3. The molecule has 0 radical (unpaired) electrons. The van der Waals surface area contributed by atoms with Crippen LogP contribution in [-0.4, -0.2) is 24.5 Å². The Labute approximate surface area is 113 Å². The Hall–Kier alpha value is -0.710. The topological polar surface area (TPSA) is 41.1 Å². The molecule has 1 rings (SSSR count). The van der Waals surface area contributed by atoms with Crippen molar-refractivity contribution in [2.75, 3.05) is 23.9 Å². The number of carbonyl (C=O) groups is 1. The van der Waals surface area contributed by atoms with Gasteiger partial charge in [-0.2, -0.15) is 11.8 Å². The SMILES string of the molecule is CCNCc1ccccc1NC(=O)CSC.Cl. The van der Waals surface area contributed by atoms with Crippen molar-refractivity contribution in [1.29, 1.82) is 0 Å². The Kier molecular flexibility index (Phi) is 8.94. The standard InChI is InChI=1S/C12H18N2OS.ClH/c1-3-13-8-10-6-4-5-7-11(10)14-12(15)9-16-2;/h4-7,13H,3,8-9H2,1-2H3,(H,14,15);1H. The molecule has 3 nitrogen and oxygen atoms in total. The number of rotatable bonds is 6. The molecule has 0 aromatic heterocycles. The molecule has 0 atom stereocenters.